The fraction of sp³-hybridized carbons (Fsp3) is 0. The number of phenols is 1. The second kappa shape index (κ2) is 21.7. The van der Waals surface area contributed by atoms with Gasteiger partial charge in [-0.05, 0) is 90.3 Å². The Kier molecular flexibility index (Phi) is 16.5. The highest BCUT2D eigenvalue weighted by Gasteiger charge is 2.28. The lowest BCUT2D eigenvalue weighted by Crippen LogP contribution is -2.12. The monoisotopic (exact) mass is 1150 g/mol. The van der Waals surface area contributed by atoms with Crippen LogP contribution in [-0.4, -0.2) is 71.4 Å². The van der Waals surface area contributed by atoms with Crippen LogP contribution in [0.25, 0.3) is 10.8 Å². The van der Waals surface area contributed by atoms with Gasteiger partial charge in [0.2, 0.25) is 9.84 Å². The van der Waals surface area contributed by atoms with Gasteiger partial charge in [-0.3, -0.25) is 18.4 Å². The van der Waals surface area contributed by atoms with Crippen molar-refractivity contribution in [3.8, 4) is 5.75 Å². The lowest BCUT2D eigenvalue weighted by atomic mass is 10.1. The number of hydrogen-bond donors (Lipinski definition) is 10. The molecule has 6 aromatic carbocycles. The minimum atomic E-state index is -5.29. The molecule has 6 rings (SSSR count). The van der Waals surface area contributed by atoms with E-state index in [2.05, 4.69) is 60.7 Å². The van der Waals surface area contributed by atoms with Gasteiger partial charge < -0.3 is 22.3 Å². The summed E-state index contributed by atoms with van der Waals surface area (Å²) >= 11 is 0.114. The molecule has 0 saturated heterocycles. The van der Waals surface area contributed by atoms with Crippen molar-refractivity contribution in [3.05, 3.63) is 96.9 Å². The molecule has 386 valence electrons. The summed E-state index contributed by atoms with van der Waals surface area (Å²) in [6.45, 7) is 3.17. The average Bonchev–Trinajstić information content (AvgIpc) is 3.31. The Hall–Kier alpha value is -6.79. The standard InChI is InChI=1S/C36H30N10O20S7/c1-2-69(50,51)30-15-25(29(72(57,58)59)16-26(30)67-65-63-48)43-44-34-27(68-66-64-49)11-17-12-31(73(60,61)62)35(36(47)32(17)33(34)39)45-41-19-7-9-21(10-8-19)70(52,53)46-20-5-3-18(4-6-20)40-42-24-14-28(71(54,55)56)23(38)13-22(24)37/h2-16,46-49H,1,37-39H2,(H,54,55,56)(H,57,58,59)(H,60,61,62)/b42-40+,44-43+,45-41+. The van der Waals surface area contributed by atoms with Gasteiger partial charge in [-0.15, -0.1) is 29.1 Å². The highest BCUT2D eigenvalue weighted by atomic mass is 32.2. The molecule has 0 radical (unpaired) electrons. The molecule has 0 saturated carbocycles. The van der Waals surface area contributed by atoms with Crippen LogP contribution in [0.4, 0.5) is 56.9 Å². The van der Waals surface area contributed by atoms with Crippen molar-refractivity contribution in [1.29, 1.82) is 0 Å². The molecule has 0 bridgehead atoms. The molecule has 73 heavy (non-hydrogen) atoms. The molecule has 0 spiro atoms. The first kappa shape index (κ1) is 55.5. The highest BCUT2D eigenvalue weighted by Crippen LogP contribution is 2.50. The van der Waals surface area contributed by atoms with Crippen LogP contribution in [0.15, 0.2) is 162 Å². The Morgan fingerprint density at radius 2 is 1.08 bits per heavy atom. The van der Waals surface area contributed by atoms with Gasteiger partial charge in [0.25, 0.3) is 40.4 Å². The summed E-state index contributed by atoms with van der Waals surface area (Å²) in [6, 6.07) is 14.5. The molecular weight excluding hydrogens is 1120 g/mol. The van der Waals surface area contributed by atoms with Gasteiger partial charge in [0, 0.05) is 11.1 Å². The van der Waals surface area contributed by atoms with E-state index in [1.807, 2.05) is 0 Å². The number of phenolic OH excluding ortho intramolecular Hbond substituents is 1. The lowest BCUT2D eigenvalue weighted by molar-refractivity contribution is -0.432. The Morgan fingerprint density at radius 3 is 1.64 bits per heavy atom. The maximum absolute atomic E-state index is 13.3. The number of azo groups is 3. The van der Waals surface area contributed by atoms with E-state index < -0.39 is 109 Å². The third-order valence-electron chi connectivity index (χ3n) is 9.23. The number of sulfonamides is 1. The fourth-order valence-corrected chi connectivity index (χ4v) is 11.2. The van der Waals surface area contributed by atoms with Crippen molar-refractivity contribution < 1.29 is 90.1 Å². The van der Waals surface area contributed by atoms with E-state index >= 15 is 0 Å². The first-order valence-corrected chi connectivity index (χ1v) is 27.5. The zero-order valence-corrected chi connectivity index (χ0v) is 41.3. The molecule has 6 aromatic rings. The first-order valence-electron chi connectivity index (χ1n) is 18.7. The zero-order chi connectivity index (χ0) is 53.8. The molecule has 37 heteroatoms. The largest absolute Gasteiger partial charge is 0.505 e. The van der Waals surface area contributed by atoms with Crippen molar-refractivity contribution in [2.75, 3.05) is 21.9 Å². The summed E-state index contributed by atoms with van der Waals surface area (Å²) in [6.07, 6.45) is 0. The van der Waals surface area contributed by atoms with Crippen LogP contribution in [0.1, 0.15) is 0 Å². The Labute approximate surface area is 419 Å². The van der Waals surface area contributed by atoms with Crippen molar-refractivity contribution >= 4 is 142 Å². The number of nitrogens with one attached hydrogen (secondary N) is 1. The number of nitrogen functional groups attached to an aromatic ring is 3. The predicted molar refractivity (Wildman–Crippen MR) is 256 cm³/mol. The third-order valence-corrected chi connectivity index (χ3v) is 16.1. The molecule has 30 nitrogen and oxygen atoms in total. The van der Waals surface area contributed by atoms with Gasteiger partial charge in [0.1, 0.15) is 37.4 Å². The number of benzene rings is 6. The Balaban J connectivity index is 1.33. The topological polar surface area (TPSA) is 493 Å². The van der Waals surface area contributed by atoms with E-state index in [1.54, 1.807) is 0 Å². The molecule has 0 aliphatic carbocycles. The maximum atomic E-state index is 13.3. The summed E-state index contributed by atoms with van der Waals surface area (Å²) in [5, 5.41) is 58.7. The fourth-order valence-electron chi connectivity index (χ4n) is 6.01. The molecule has 0 heterocycles. The first-order chi connectivity index (χ1) is 34.1. The smallest absolute Gasteiger partial charge is 0.296 e. The number of rotatable bonds is 20. The van der Waals surface area contributed by atoms with E-state index in [9.17, 15) is 60.9 Å². The SMILES string of the molecule is C=CS(=O)(=O)c1cc(/N=N/c2c(SOOO)cc3cc(S(=O)(=O)O)c(/N=N/c4ccc(S(=O)(=O)Nc5ccc(/N=N/c6cc(S(=O)(=O)O)c(N)cc6N)cc5)cc4)c(O)c3c2N)c(S(=O)(=O)O)cc1SOOO. The lowest BCUT2D eigenvalue weighted by Gasteiger charge is -2.14. The molecular formula is C36H30N10O20S7. The van der Waals surface area contributed by atoms with Crippen molar-refractivity contribution in [2.24, 2.45) is 30.7 Å². The van der Waals surface area contributed by atoms with Crippen LogP contribution in [-0.2, 0) is 69.0 Å². The Bertz CT molecular complexity index is 3870. The number of nitrogens with zero attached hydrogens (tertiary/aromatic N) is 6. The van der Waals surface area contributed by atoms with E-state index in [-0.39, 0.29) is 73.4 Å². The van der Waals surface area contributed by atoms with Gasteiger partial charge >= 0.3 is 0 Å². The van der Waals surface area contributed by atoms with E-state index in [0.29, 0.717) is 17.5 Å². The summed E-state index contributed by atoms with van der Waals surface area (Å²) < 4.78 is 166. The molecule has 0 aliphatic rings. The molecule has 0 unspecified atom stereocenters. The number of hydrogen-bond acceptors (Lipinski definition) is 28. The van der Waals surface area contributed by atoms with Gasteiger partial charge in [-0.25, -0.2) is 27.4 Å². The van der Waals surface area contributed by atoms with Crippen LogP contribution in [0.5, 0.6) is 5.75 Å². The van der Waals surface area contributed by atoms with E-state index in [4.69, 9.17) is 27.7 Å². The normalized spacial score (nSPS) is 12.9. The molecule has 13 N–H and O–H groups in total. The summed E-state index contributed by atoms with van der Waals surface area (Å²) in [4.78, 5) is -4.83. The third kappa shape index (κ3) is 12.9. The summed E-state index contributed by atoms with van der Waals surface area (Å²) in [7, 11) is -24.1. The zero-order valence-electron chi connectivity index (χ0n) is 35.5. The minimum Gasteiger partial charge on any atom is -0.505 e. The number of sulfone groups is 1. The predicted octanol–water partition coefficient (Wildman–Crippen LogP) is 7.85. The van der Waals surface area contributed by atoms with Gasteiger partial charge in [0.15, 0.2) is 5.75 Å². The van der Waals surface area contributed by atoms with Crippen LogP contribution in [0.3, 0.4) is 0 Å². The summed E-state index contributed by atoms with van der Waals surface area (Å²) in [5.74, 6) is -1.10. The quantitative estimate of drug-likeness (QED) is 0.00868. The van der Waals surface area contributed by atoms with Gasteiger partial charge in [0.05, 0.1) is 77.5 Å². The molecule has 0 aliphatic heterocycles. The highest BCUT2D eigenvalue weighted by molar-refractivity contribution is 7.97. The second-order valence-corrected chi connectivity index (χ2v) is 23.1. The Morgan fingerprint density at radius 1 is 0.562 bits per heavy atom. The summed E-state index contributed by atoms with van der Waals surface area (Å²) in [5.41, 5.74) is 14.3. The van der Waals surface area contributed by atoms with E-state index in [1.165, 1.54) is 24.3 Å². The van der Waals surface area contributed by atoms with Crippen molar-refractivity contribution in [1.82, 2.24) is 0 Å². The minimum absolute atomic E-state index is 0.00971. The number of anilines is 4. The molecule has 0 amide bonds. The second-order valence-electron chi connectivity index (χ2n) is 13.9. The van der Waals surface area contributed by atoms with Crippen LogP contribution in [0.2, 0.25) is 0 Å². The average molecular weight is 1150 g/mol. The number of nitrogens with two attached hydrogens (primary N) is 3. The van der Waals surface area contributed by atoms with Gasteiger partial charge in [-0.1, -0.05) is 16.7 Å². The number of aromatic hydroxyl groups is 1. The van der Waals surface area contributed by atoms with Crippen molar-refractivity contribution in [2.45, 2.75) is 34.3 Å². The van der Waals surface area contributed by atoms with Gasteiger partial charge in [-0.2, -0.15) is 35.5 Å². The number of fused-ring (bicyclic) bond motifs is 1. The van der Waals surface area contributed by atoms with Crippen LogP contribution in [0, 0.1) is 0 Å². The molecule has 0 atom stereocenters. The molecule has 0 aromatic heterocycles. The van der Waals surface area contributed by atoms with Crippen LogP contribution < -0.4 is 21.9 Å². The molecule has 0 fully saturated rings. The van der Waals surface area contributed by atoms with E-state index in [0.717, 1.165) is 48.5 Å². The maximum Gasteiger partial charge on any atom is 0.296 e. The van der Waals surface area contributed by atoms with Crippen molar-refractivity contribution in [3.63, 3.8) is 0 Å². The van der Waals surface area contributed by atoms with Crippen LogP contribution >= 0.6 is 24.1 Å².